The Morgan fingerprint density at radius 1 is 1.02 bits per heavy atom. The van der Waals surface area contributed by atoms with Gasteiger partial charge < -0.3 is 20.1 Å². The van der Waals surface area contributed by atoms with Gasteiger partial charge in [0.2, 0.25) is 0 Å². The van der Waals surface area contributed by atoms with E-state index in [9.17, 15) is 9.59 Å². The molecule has 0 spiro atoms. The first kappa shape index (κ1) is 38.1. The summed E-state index contributed by atoms with van der Waals surface area (Å²) < 4.78 is 11.2. The number of rotatable bonds is 22. The Morgan fingerprint density at radius 2 is 1.72 bits per heavy atom. The van der Waals surface area contributed by atoms with Gasteiger partial charge in [0, 0.05) is 70.3 Å². The summed E-state index contributed by atoms with van der Waals surface area (Å²) in [6, 6.07) is 12.0. The van der Waals surface area contributed by atoms with Crippen LogP contribution < -0.4 is 10.6 Å². The third kappa shape index (κ3) is 13.7. The van der Waals surface area contributed by atoms with Crippen LogP contribution in [-0.4, -0.2) is 109 Å². The Bertz CT molecular complexity index is 1170. The molecule has 0 aliphatic carbocycles. The molecule has 11 heteroatoms. The lowest BCUT2D eigenvalue weighted by atomic mass is 9.98. The van der Waals surface area contributed by atoms with Crippen molar-refractivity contribution in [1.82, 2.24) is 35.3 Å². The van der Waals surface area contributed by atoms with Crippen molar-refractivity contribution in [3.05, 3.63) is 72.0 Å². The van der Waals surface area contributed by atoms with Gasteiger partial charge in [-0.15, -0.1) is 0 Å². The molecule has 1 aliphatic rings. The molecule has 11 nitrogen and oxygen atoms in total. The maximum absolute atomic E-state index is 13.4. The molecule has 3 rings (SSSR count). The predicted molar refractivity (Wildman–Crippen MR) is 185 cm³/mol. The summed E-state index contributed by atoms with van der Waals surface area (Å²) in [7, 11) is 3.37. The highest BCUT2D eigenvalue weighted by molar-refractivity contribution is 5.72. The smallest absolute Gasteiger partial charge is 0.322 e. The molecule has 47 heavy (non-hydrogen) atoms. The number of carbonyl (C=O) groups is 2. The van der Waals surface area contributed by atoms with Crippen LogP contribution in [0.3, 0.4) is 0 Å². The van der Waals surface area contributed by atoms with Crippen LogP contribution in [0.1, 0.15) is 64.3 Å². The van der Waals surface area contributed by atoms with E-state index in [1.807, 2.05) is 55.8 Å². The minimum Gasteiger partial charge on any atom is -0.468 e. The van der Waals surface area contributed by atoms with Crippen molar-refractivity contribution in [2.24, 2.45) is 5.92 Å². The Balaban J connectivity index is 1.72. The number of pyridine rings is 2. The van der Waals surface area contributed by atoms with Gasteiger partial charge in [0.1, 0.15) is 0 Å². The highest BCUT2D eigenvalue weighted by Crippen LogP contribution is 2.31. The fraction of sp³-hybridized carbons (Fsp3) is 0.611. The number of aromatic nitrogens is 2. The first-order valence-electron chi connectivity index (χ1n) is 17.2. The molecule has 0 fully saturated rings. The van der Waals surface area contributed by atoms with Crippen molar-refractivity contribution in [2.75, 3.05) is 66.5 Å². The van der Waals surface area contributed by atoms with Crippen LogP contribution in [0.25, 0.3) is 0 Å². The normalized spacial score (nSPS) is 17.4. The maximum atomic E-state index is 13.4. The summed E-state index contributed by atoms with van der Waals surface area (Å²) in [5.74, 6) is 0.0838. The second-order valence-electron chi connectivity index (χ2n) is 12.5. The van der Waals surface area contributed by atoms with Gasteiger partial charge in [-0.1, -0.05) is 45.7 Å². The number of methoxy groups -OCH3 is 1. The molecule has 2 atom stereocenters. The Morgan fingerprint density at radius 3 is 2.32 bits per heavy atom. The molecule has 0 saturated heterocycles. The molecule has 3 heterocycles. The molecular formula is C36H57N7O4. The third-order valence-corrected chi connectivity index (χ3v) is 8.64. The molecule has 2 aromatic heterocycles. The van der Waals surface area contributed by atoms with Gasteiger partial charge in [-0.05, 0) is 62.7 Å². The van der Waals surface area contributed by atoms with Crippen molar-refractivity contribution in [3.63, 3.8) is 0 Å². The number of likely N-dealkylation sites (N-methyl/N-ethyl adjacent to an activating group) is 1. The lowest BCUT2D eigenvalue weighted by molar-refractivity contribution is -0.178. The fourth-order valence-corrected chi connectivity index (χ4v) is 5.73. The van der Waals surface area contributed by atoms with Crippen molar-refractivity contribution in [2.45, 2.75) is 71.7 Å². The highest BCUT2D eigenvalue weighted by atomic mass is 16.6. The molecule has 2 aromatic rings. The first-order chi connectivity index (χ1) is 22.8. The van der Waals surface area contributed by atoms with Crippen LogP contribution in [0, 0.1) is 5.92 Å². The average molecular weight is 652 g/mol. The van der Waals surface area contributed by atoms with Crippen LogP contribution in [0.15, 0.2) is 60.6 Å². The van der Waals surface area contributed by atoms with E-state index < -0.39 is 5.72 Å². The van der Waals surface area contributed by atoms with E-state index in [-0.39, 0.29) is 25.0 Å². The number of carbonyl (C=O) groups excluding carboxylic acids is 2. The molecule has 260 valence electrons. The van der Waals surface area contributed by atoms with Gasteiger partial charge in [-0.2, -0.15) is 0 Å². The summed E-state index contributed by atoms with van der Waals surface area (Å²) in [6.07, 6.45) is 10.3. The number of nitrogens with one attached hydrogen (secondary N) is 2. The first-order valence-corrected chi connectivity index (χ1v) is 17.2. The minimum absolute atomic E-state index is 0.141. The van der Waals surface area contributed by atoms with Crippen molar-refractivity contribution in [1.29, 1.82) is 0 Å². The van der Waals surface area contributed by atoms with Gasteiger partial charge in [0.25, 0.3) is 0 Å². The summed E-state index contributed by atoms with van der Waals surface area (Å²) in [4.78, 5) is 40.8. The SMILES string of the molecule is CCC[C@]1(OC(=O)CN(C)CCC(C)CC)C=C(NCCN(Cc2ccccn2)Cc2ccccn2)CCN1CCNCC(=O)OC. The van der Waals surface area contributed by atoms with Gasteiger partial charge in [0.05, 0.1) is 31.6 Å². The largest absolute Gasteiger partial charge is 0.468 e. The zero-order valence-corrected chi connectivity index (χ0v) is 29.2. The van der Waals surface area contributed by atoms with Crippen LogP contribution in [0.5, 0.6) is 0 Å². The molecule has 0 radical (unpaired) electrons. The van der Waals surface area contributed by atoms with E-state index in [0.717, 1.165) is 68.9 Å². The fourth-order valence-electron chi connectivity index (χ4n) is 5.73. The molecule has 0 amide bonds. The quantitative estimate of drug-likeness (QED) is 0.143. The van der Waals surface area contributed by atoms with Crippen molar-refractivity contribution >= 4 is 11.9 Å². The molecule has 1 unspecified atom stereocenters. The Kier molecular flexibility index (Phi) is 16.8. The number of ether oxygens (including phenoxy) is 2. The zero-order chi connectivity index (χ0) is 33.9. The minimum atomic E-state index is -0.876. The average Bonchev–Trinajstić information content (AvgIpc) is 3.07. The van der Waals surface area contributed by atoms with Crippen LogP contribution >= 0.6 is 0 Å². The standard InChI is InChI=1S/C36H57N7O4/c1-6-16-36(47-35(45)29-41(4)21-14-30(3)7-2)25-31(15-22-43(36)24-19-37-26-34(44)46-5)40-20-23-42(27-32-12-8-10-17-38-32)28-33-13-9-11-18-39-33/h8-13,17-18,25,30,37,40H,6-7,14-16,19-24,26-29H2,1-5H3/t30?,36-/m0/s1. The van der Waals surface area contributed by atoms with Crippen LogP contribution in [0.4, 0.5) is 0 Å². The summed E-state index contributed by atoms with van der Waals surface area (Å²) in [5.41, 5.74) is 2.23. The molecule has 0 aromatic carbocycles. The third-order valence-electron chi connectivity index (χ3n) is 8.64. The van der Waals surface area contributed by atoms with Gasteiger partial charge in [0.15, 0.2) is 5.72 Å². The molecule has 0 bridgehead atoms. The Labute approximate surface area is 282 Å². The predicted octanol–water partition coefficient (Wildman–Crippen LogP) is 3.83. The molecular weight excluding hydrogens is 594 g/mol. The molecule has 2 N–H and O–H groups in total. The summed E-state index contributed by atoms with van der Waals surface area (Å²) >= 11 is 0. The van der Waals surface area contributed by atoms with Crippen molar-refractivity contribution < 1.29 is 19.1 Å². The number of nitrogens with zero attached hydrogens (tertiary/aromatic N) is 5. The van der Waals surface area contributed by atoms with E-state index >= 15 is 0 Å². The van der Waals surface area contributed by atoms with E-state index in [4.69, 9.17) is 9.47 Å². The maximum Gasteiger partial charge on any atom is 0.322 e. The van der Waals surface area contributed by atoms with E-state index in [0.29, 0.717) is 38.5 Å². The number of hydrogen-bond donors (Lipinski definition) is 2. The monoisotopic (exact) mass is 651 g/mol. The van der Waals surface area contributed by atoms with E-state index in [1.54, 1.807) is 0 Å². The van der Waals surface area contributed by atoms with Gasteiger partial charge in [-0.25, -0.2) is 0 Å². The van der Waals surface area contributed by atoms with Gasteiger partial charge >= 0.3 is 11.9 Å². The lowest BCUT2D eigenvalue weighted by Gasteiger charge is -2.45. The lowest BCUT2D eigenvalue weighted by Crippen LogP contribution is -2.56. The number of hydrogen-bond acceptors (Lipinski definition) is 11. The van der Waals surface area contributed by atoms with E-state index in [1.165, 1.54) is 7.11 Å². The topological polar surface area (TPSA) is 112 Å². The second-order valence-corrected chi connectivity index (χ2v) is 12.5. The Hall–Kier alpha value is -3.38. The summed E-state index contributed by atoms with van der Waals surface area (Å²) in [5, 5.41) is 6.84. The second kappa shape index (κ2) is 20.8. The van der Waals surface area contributed by atoms with Gasteiger partial charge in [-0.3, -0.25) is 34.3 Å². The molecule has 0 saturated carbocycles. The van der Waals surface area contributed by atoms with E-state index in [2.05, 4.69) is 62.1 Å². The molecule has 1 aliphatic heterocycles. The summed E-state index contributed by atoms with van der Waals surface area (Å²) in [6.45, 7) is 12.6. The highest BCUT2D eigenvalue weighted by Gasteiger charge is 2.41. The zero-order valence-electron chi connectivity index (χ0n) is 29.2. The number of esters is 2. The van der Waals surface area contributed by atoms with Crippen molar-refractivity contribution in [3.8, 4) is 0 Å². The van der Waals surface area contributed by atoms with Crippen LogP contribution in [-0.2, 0) is 32.2 Å². The van der Waals surface area contributed by atoms with Crippen LogP contribution in [0.2, 0.25) is 0 Å².